The Balaban J connectivity index is 1.72. The van der Waals surface area contributed by atoms with Crippen LogP contribution in [-0.2, 0) is 0 Å². The third-order valence-corrected chi connectivity index (χ3v) is 4.36. The second-order valence-corrected chi connectivity index (χ2v) is 6.26. The van der Waals surface area contributed by atoms with E-state index in [0.29, 0.717) is 11.3 Å². The predicted molar refractivity (Wildman–Crippen MR) is 95.1 cm³/mol. The molecule has 1 aliphatic rings. The van der Waals surface area contributed by atoms with Crippen LogP contribution in [0.5, 0.6) is 5.75 Å². The van der Waals surface area contributed by atoms with E-state index in [2.05, 4.69) is 5.32 Å². The number of aryl methyl sites for hydroxylation is 1. The van der Waals surface area contributed by atoms with Crippen LogP contribution in [0, 0.1) is 17.0 Å². The minimum atomic E-state index is -0.484. The fourth-order valence-corrected chi connectivity index (χ4v) is 3.00. The molecule has 1 aliphatic carbocycles. The molecule has 1 N–H and O–H groups in total. The standard InChI is InChI=1S/C19H20N2O4/c1-13-9-10-14(11-18(13)21(23)24)19(22)20-15-5-4-8-17(12-15)25-16-6-2-3-7-16/h4-5,8-12,16H,2-3,6-7H2,1H3,(H,20,22). The Morgan fingerprint density at radius 1 is 1.20 bits per heavy atom. The quantitative estimate of drug-likeness (QED) is 0.643. The van der Waals surface area contributed by atoms with E-state index in [-0.39, 0.29) is 23.3 Å². The molecule has 0 atom stereocenters. The molecule has 0 unspecified atom stereocenters. The highest BCUT2D eigenvalue weighted by Gasteiger charge is 2.17. The molecule has 0 radical (unpaired) electrons. The lowest BCUT2D eigenvalue weighted by Crippen LogP contribution is -2.13. The first-order valence-corrected chi connectivity index (χ1v) is 8.36. The number of nitrogens with zero attached hydrogens (tertiary/aromatic N) is 1. The summed E-state index contributed by atoms with van der Waals surface area (Å²) < 4.78 is 5.93. The number of nitro groups is 1. The Hall–Kier alpha value is -2.89. The van der Waals surface area contributed by atoms with Gasteiger partial charge in [0, 0.05) is 28.9 Å². The molecule has 130 valence electrons. The summed E-state index contributed by atoms with van der Waals surface area (Å²) in [6.07, 6.45) is 4.74. The number of carbonyl (C=O) groups is 1. The van der Waals surface area contributed by atoms with Crippen LogP contribution in [0.1, 0.15) is 41.6 Å². The van der Waals surface area contributed by atoms with Crippen molar-refractivity contribution in [1.82, 2.24) is 0 Å². The first-order chi connectivity index (χ1) is 12.0. The molecule has 0 aromatic heterocycles. The largest absolute Gasteiger partial charge is 0.490 e. The molecule has 6 nitrogen and oxygen atoms in total. The Labute approximate surface area is 146 Å². The Morgan fingerprint density at radius 2 is 1.96 bits per heavy atom. The Kier molecular flexibility index (Phi) is 4.97. The molecular formula is C19H20N2O4. The summed E-state index contributed by atoms with van der Waals surface area (Å²) in [6, 6.07) is 11.7. The molecule has 2 aromatic carbocycles. The topological polar surface area (TPSA) is 81.5 Å². The zero-order chi connectivity index (χ0) is 17.8. The molecule has 25 heavy (non-hydrogen) atoms. The zero-order valence-corrected chi connectivity index (χ0v) is 14.0. The van der Waals surface area contributed by atoms with Crippen molar-refractivity contribution < 1.29 is 14.5 Å². The van der Waals surface area contributed by atoms with Crippen molar-refractivity contribution in [3.63, 3.8) is 0 Å². The highest BCUT2D eigenvalue weighted by molar-refractivity contribution is 6.04. The number of benzene rings is 2. The SMILES string of the molecule is Cc1ccc(C(=O)Nc2cccc(OC3CCCC3)c2)cc1[N+](=O)[O-]. The second kappa shape index (κ2) is 7.34. The van der Waals surface area contributed by atoms with E-state index < -0.39 is 4.92 Å². The van der Waals surface area contributed by atoms with Crippen LogP contribution in [0.25, 0.3) is 0 Å². The van der Waals surface area contributed by atoms with Gasteiger partial charge in [0.15, 0.2) is 0 Å². The number of ether oxygens (including phenoxy) is 1. The van der Waals surface area contributed by atoms with E-state index in [1.165, 1.54) is 18.9 Å². The number of carbonyl (C=O) groups excluding carboxylic acids is 1. The van der Waals surface area contributed by atoms with Gasteiger partial charge in [-0.1, -0.05) is 12.1 Å². The minimum absolute atomic E-state index is 0.0639. The van der Waals surface area contributed by atoms with Gasteiger partial charge in [-0.15, -0.1) is 0 Å². The van der Waals surface area contributed by atoms with Crippen molar-refractivity contribution in [1.29, 1.82) is 0 Å². The van der Waals surface area contributed by atoms with Gasteiger partial charge < -0.3 is 10.1 Å². The van der Waals surface area contributed by atoms with Gasteiger partial charge in [-0.25, -0.2) is 0 Å². The lowest BCUT2D eigenvalue weighted by molar-refractivity contribution is -0.385. The van der Waals surface area contributed by atoms with E-state index in [1.807, 2.05) is 12.1 Å². The molecular weight excluding hydrogens is 320 g/mol. The van der Waals surface area contributed by atoms with Crippen LogP contribution in [0.3, 0.4) is 0 Å². The van der Waals surface area contributed by atoms with Gasteiger partial charge in [-0.3, -0.25) is 14.9 Å². The van der Waals surface area contributed by atoms with Crippen LogP contribution in [0.4, 0.5) is 11.4 Å². The van der Waals surface area contributed by atoms with Crippen LogP contribution >= 0.6 is 0 Å². The molecule has 0 bridgehead atoms. The van der Waals surface area contributed by atoms with Crippen LogP contribution in [0.2, 0.25) is 0 Å². The summed E-state index contributed by atoms with van der Waals surface area (Å²) in [5, 5.41) is 13.8. The van der Waals surface area contributed by atoms with Gasteiger partial charge in [-0.05, 0) is 50.8 Å². The molecule has 1 saturated carbocycles. The van der Waals surface area contributed by atoms with E-state index in [9.17, 15) is 14.9 Å². The molecule has 0 saturated heterocycles. The molecule has 3 rings (SSSR count). The van der Waals surface area contributed by atoms with Crippen LogP contribution in [0.15, 0.2) is 42.5 Å². The Morgan fingerprint density at radius 3 is 2.68 bits per heavy atom. The van der Waals surface area contributed by atoms with Crippen molar-refractivity contribution in [3.05, 3.63) is 63.7 Å². The average Bonchev–Trinajstić information content (AvgIpc) is 3.08. The van der Waals surface area contributed by atoms with Crippen molar-refractivity contribution in [2.75, 3.05) is 5.32 Å². The maximum absolute atomic E-state index is 12.4. The monoisotopic (exact) mass is 340 g/mol. The number of anilines is 1. The summed E-state index contributed by atoms with van der Waals surface area (Å²) in [6.45, 7) is 1.64. The van der Waals surface area contributed by atoms with Crippen molar-refractivity contribution in [3.8, 4) is 5.75 Å². The number of hydrogen-bond acceptors (Lipinski definition) is 4. The number of nitro benzene ring substituents is 1. The molecule has 2 aromatic rings. The normalized spacial score (nSPS) is 14.3. The second-order valence-electron chi connectivity index (χ2n) is 6.26. The van der Waals surface area contributed by atoms with Crippen LogP contribution < -0.4 is 10.1 Å². The molecule has 6 heteroatoms. The maximum Gasteiger partial charge on any atom is 0.273 e. The van der Waals surface area contributed by atoms with Gasteiger partial charge >= 0.3 is 0 Å². The maximum atomic E-state index is 12.4. The summed E-state index contributed by atoms with van der Waals surface area (Å²) in [4.78, 5) is 22.9. The van der Waals surface area contributed by atoms with Gasteiger partial charge in [0.05, 0.1) is 11.0 Å². The fraction of sp³-hybridized carbons (Fsp3) is 0.316. The average molecular weight is 340 g/mol. The summed E-state index contributed by atoms with van der Waals surface area (Å²) >= 11 is 0. The number of nitrogens with one attached hydrogen (secondary N) is 1. The lowest BCUT2D eigenvalue weighted by atomic mass is 10.1. The third kappa shape index (κ3) is 4.15. The fourth-order valence-electron chi connectivity index (χ4n) is 3.00. The van der Waals surface area contributed by atoms with E-state index in [1.54, 1.807) is 31.2 Å². The number of hydrogen-bond donors (Lipinski definition) is 1. The molecule has 0 aliphatic heterocycles. The zero-order valence-electron chi connectivity index (χ0n) is 14.0. The molecule has 1 fully saturated rings. The van der Waals surface area contributed by atoms with Gasteiger partial charge in [0.2, 0.25) is 0 Å². The van der Waals surface area contributed by atoms with Crippen LogP contribution in [-0.4, -0.2) is 16.9 Å². The third-order valence-electron chi connectivity index (χ3n) is 4.36. The first kappa shape index (κ1) is 17.0. The van der Waals surface area contributed by atoms with Crippen molar-refractivity contribution in [2.24, 2.45) is 0 Å². The molecule has 0 heterocycles. The van der Waals surface area contributed by atoms with E-state index >= 15 is 0 Å². The smallest absolute Gasteiger partial charge is 0.273 e. The Bertz CT molecular complexity index is 798. The van der Waals surface area contributed by atoms with Gasteiger partial charge in [-0.2, -0.15) is 0 Å². The van der Waals surface area contributed by atoms with Crippen molar-refractivity contribution in [2.45, 2.75) is 38.7 Å². The summed E-state index contributed by atoms with van der Waals surface area (Å²) in [5.41, 5.74) is 1.31. The lowest BCUT2D eigenvalue weighted by Gasteiger charge is -2.14. The van der Waals surface area contributed by atoms with E-state index in [4.69, 9.17) is 4.74 Å². The number of rotatable bonds is 5. The number of amides is 1. The predicted octanol–water partition coefficient (Wildman–Crippen LogP) is 4.48. The highest BCUT2D eigenvalue weighted by atomic mass is 16.6. The molecule has 1 amide bonds. The summed E-state index contributed by atoms with van der Waals surface area (Å²) in [7, 11) is 0. The van der Waals surface area contributed by atoms with E-state index in [0.717, 1.165) is 18.6 Å². The minimum Gasteiger partial charge on any atom is -0.490 e. The first-order valence-electron chi connectivity index (χ1n) is 8.36. The highest BCUT2D eigenvalue weighted by Crippen LogP contribution is 2.26. The van der Waals surface area contributed by atoms with Gasteiger partial charge in [0.25, 0.3) is 11.6 Å². The summed E-state index contributed by atoms with van der Waals surface area (Å²) in [5.74, 6) is 0.334. The van der Waals surface area contributed by atoms with Crippen molar-refractivity contribution >= 4 is 17.3 Å². The van der Waals surface area contributed by atoms with Gasteiger partial charge in [0.1, 0.15) is 5.75 Å². The molecule has 0 spiro atoms.